The van der Waals surface area contributed by atoms with E-state index in [1.807, 2.05) is 13.0 Å². The molecule has 0 spiro atoms. The van der Waals surface area contributed by atoms with E-state index in [9.17, 15) is 15.0 Å². The topological polar surface area (TPSA) is 77.8 Å². The Bertz CT molecular complexity index is 468. The highest BCUT2D eigenvalue weighted by Gasteiger charge is 2.09. The molecule has 0 bridgehead atoms. The van der Waals surface area contributed by atoms with Gasteiger partial charge in [-0.05, 0) is 49.8 Å². The maximum absolute atomic E-state index is 10.3. The number of rotatable bonds is 8. The lowest BCUT2D eigenvalue weighted by molar-refractivity contribution is -0.139. The van der Waals surface area contributed by atoms with Crippen LogP contribution in [0.4, 0.5) is 0 Å². The molecule has 4 nitrogen and oxygen atoms in total. The van der Waals surface area contributed by atoms with Gasteiger partial charge in [-0.2, -0.15) is 0 Å². The monoisotopic (exact) mass is 290 g/mol. The lowest BCUT2D eigenvalue weighted by atomic mass is 10.1. The number of aliphatic hydroxyl groups excluding tert-OH is 2. The molecular weight excluding hydrogens is 268 g/mol. The number of allylic oxidation sites excluding steroid dienone is 3. The first kappa shape index (κ1) is 19.0. The second kappa shape index (κ2) is 13.0. The molecule has 0 heterocycles. The van der Waals surface area contributed by atoms with Crippen molar-refractivity contribution in [3.8, 4) is 23.7 Å². The molecule has 0 aliphatic heterocycles. The van der Waals surface area contributed by atoms with Gasteiger partial charge in [0.15, 0.2) is 0 Å². The molecule has 0 saturated heterocycles. The van der Waals surface area contributed by atoms with Crippen LogP contribution in [0.15, 0.2) is 24.3 Å². The van der Waals surface area contributed by atoms with Crippen molar-refractivity contribution in [1.29, 1.82) is 0 Å². The van der Waals surface area contributed by atoms with E-state index in [1.54, 1.807) is 18.2 Å². The smallest absolute Gasteiger partial charge is 0.305 e. The summed E-state index contributed by atoms with van der Waals surface area (Å²) in [7, 11) is 0. The molecule has 21 heavy (non-hydrogen) atoms. The van der Waals surface area contributed by atoms with Crippen LogP contribution in [0.25, 0.3) is 0 Å². The highest BCUT2D eigenvalue weighted by Crippen LogP contribution is 2.09. The maximum Gasteiger partial charge on any atom is 0.305 e. The summed E-state index contributed by atoms with van der Waals surface area (Å²) in [5, 5.41) is 27.5. The highest BCUT2D eigenvalue weighted by atomic mass is 16.4. The zero-order valence-corrected chi connectivity index (χ0v) is 12.2. The number of aliphatic hydroxyl groups is 2. The van der Waals surface area contributed by atoms with Crippen molar-refractivity contribution >= 4 is 5.97 Å². The second-order valence-corrected chi connectivity index (χ2v) is 4.50. The summed E-state index contributed by atoms with van der Waals surface area (Å²) < 4.78 is 0. The van der Waals surface area contributed by atoms with Crippen molar-refractivity contribution in [1.82, 2.24) is 0 Å². The molecule has 0 aromatic carbocycles. The zero-order valence-electron chi connectivity index (χ0n) is 12.2. The Morgan fingerprint density at radius 3 is 2.33 bits per heavy atom. The minimum atomic E-state index is -0.999. The van der Waals surface area contributed by atoms with Gasteiger partial charge < -0.3 is 15.3 Å². The molecule has 3 N–H and O–H groups in total. The summed E-state index contributed by atoms with van der Waals surface area (Å²) >= 11 is 0. The molecule has 0 fully saturated rings. The fourth-order valence-electron chi connectivity index (χ4n) is 1.53. The van der Waals surface area contributed by atoms with E-state index in [4.69, 9.17) is 5.11 Å². The molecule has 0 rings (SSSR count). The molecule has 114 valence electrons. The predicted octanol–water partition coefficient (Wildman–Crippen LogP) is 1.88. The van der Waals surface area contributed by atoms with Gasteiger partial charge in [0.25, 0.3) is 0 Å². The van der Waals surface area contributed by atoms with Crippen molar-refractivity contribution in [3.63, 3.8) is 0 Å². The molecule has 0 aliphatic carbocycles. The van der Waals surface area contributed by atoms with Crippen LogP contribution in [-0.4, -0.2) is 33.5 Å². The van der Waals surface area contributed by atoms with Crippen molar-refractivity contribution in [2.75, 3.05) is 0 Å². The minimum Gasteiger partial charge on any atom is -0.481 e. The number of unbranched alkanes of at least 4 members (excludes halogenated alkanes) is 1. The molecule has 0 unspecified atom stereocenters. The molecule has 0 radical (unpaired) electrons. The molecular formula is C17H22O4. The van der Waals surface area contributed by atoms with E-state index >= 15 is 0 Å². The summed E-state index contributed by atoms with van der Waals surface area (Å²) in [6.07, 6.45) is 7.45. The molecule has 0 amide bonds. The number of hydrogen-bond donors (Lipinski definition) is 3. The van der Waals surface area contributed by atoms with E-state index in [0.29, 0.717) is 19.3 Å². The first-order valence-electron chi connectivity index (χ1n) is 6.93. The van der Waals surface area contributed by atoms with E-state index < -0.39 is 18.2 Å². The molecule has 0 aromatic heterocycles. The van der Waals surface area contributed by atoms with Crippen LogP contribution in [0.1, 0.15) is 39.0 Å². The minimum absolute atomic E-state index is 0.230. The first-order valence-corrected chi connectivity index (χ1v) is 6.93. The number of carboxylic acid groups (broad SMARTS) is 1. The number of hydrogen-bond acceptors (Lipinski definition) is 3. The van der Waals surface area contributed by atoms with Crippen LogP contribution < -0.4 is 0 Å². The van der Waals surface area contributed by atoms with Crippen LogP contribution in [-0.2, 0) is 4.79 Å². The van der Waals surface area contributed by atoms with Crippen LogP contribution in [0.3, 0.4) is 0 Å². The van der Waals surface area contributed by atoms with Gasteiger partial charge in [0.2, 0.25) is 0 Å². The van der Waals surface area contributed by atoms with Crippen molar-refractivity contribution < 1.29 is 20.1 Å². The van der Waals surface area contributed by atoms with Gasteiger partial charge in [0.05, 0.1) is 18.6 Å². The van der Waals surface area contributed by atoms with Gasteiger partial charge in [0, 0.05) is 0 Å². The third kappa shape index (κ3) is 14.2. The summed E-state index contributed by atoms with van der Waals surface area (Å²) in [6.45, 7) is 1.87. The van der Waals surface area contributed by atoms with Gasteiger partial charge in [-0.25, -0.2) is 0 Å². The Labute approximate surface area is 126 Å². The van der Waals surface area contributed by atoms with E-state index in [1.165, 1.54) is 0 Å². The number of carboxylic acids is 1. The standard InChI is InChI=1S/C17H22O4/c1-2-3-4-5-6-7-8-11-15(18)12-9-10-13-16(19)14-17(20)21/h2-3,8,11,15-16,18-19H,9-10,12-14H2,1H3,(H,20,21)/b3-2+,11-8+/t15-,16-/m0/s1. The Hall–Kier alpha value is -2.01. The Kier molecular flexibility index (Phi) is 11.8. The normalized spacial score (nSPS) is 13.3. The summed E-state index contributed by atoms with van der Waals surface area (Å²) in [6, 6.07) is 0. The Balaban J connectivity index is 3.78. The molecule has 0 saturated carbocycles. The molecule has 4 heteroatoms. The quantitative estimate of drug-likeness (QED) is 0.471. The summed E-state index contributed by atoms with van der Waals surface area (Å²) in [5.41, 5.74) is 0. The highest BCUT2D eigenvalue weighted by molar-refractivity contribution is 5.67. The molecule has 0 aromatic rings. The lowest BCUT2D eigenvalue weighted by Gasteiger charge is -2.08. The van der Waals surface area contributed by atoms with E-state index in [0.717, 1.165) is 6.42 Å². The van der Waals surface area contributed by atoms with Gasteiger partial charge in [-0.1, -0.05) is 30.8 Å². The summed E-state index contributed by atoms with van der Waals surface area (Å²) in [5.74, 6) is 9.69. The average molecular weight is 290 g/mol. The largest absolute Gasteiger partial charge is 0.481 e. The number of aliphatic carboxylic acids is 1. The Morgan fingerprint density at radius 2 is 1.71 bits per heavy atom. The van der Waals surface area contributed by atoms with Crippen LogP contribution in [0.5, 0.6) is 0 Å². The lowest BCUT2D eigenvalue weighted by Crippen LogP contribution is -2.12. The van der Waals surface area contributed by atoms with Crippen molar-refractivity contribution in [2.45, 2.75) is 51.2 Å². The fraction of sp³-hybridized carbons (Fsp3) is 0.471. The first-order chi connectivity index (χ1) is 10.1. The predicted molar refractivity (Wildman–Crippen MR) is 82.2 cm³/mol. The summed E-state index contributed by atoms with van der Waals surface area (Å²) in [4.78, 5) is 10.3. The van der Waals surface area contributed by atoms with E-state index in [2.05, 4.69) is 23.7 Å². The van der Waals surface area contributed by atoms with Gasteiger partial charge >= 0.3 is 5.97 Å². The van der Waals surface area contributed by atoms with Crippen LogP contribution in [0.2, 0.25) is 0 Å². The number of carbonyl (C=O) groups is 1. The third-order valence-corrected chi connectivity index (χ3v) is 2.56. The van der Waals surface area contributed by atoms with Crippen LogP contribution in [0, 0.1) is 23.7 Å². The van der Waals surface area contributed by atoms with Gasteiger partial charge in [-0.3, -0.25) is 4.79 Å². The zero-order chi connectivity index (χ0) is 15.9. The average Bonchev–Trinajstić information content (AvgIpc) is 2.42. The van der Waals surface area contributed by atoms with Gasteiger partial charge in [0.1, 0.15) is 0 Å². The molecule has 0 aliphatic rings. The Morgan fingerprint density at radius 1 is 1.10 bits per heavy atom. The second-order valence-electron chi connectivity index (χ2n) is 4.50. The van der Waals surface area contributed by atoms with Gasteiger partial charge in [-0.15, -0.1) is 0 Å². The fourth-order valence-corrected chi connectivity index (χ4v) is 1.53. The van der Waals surface area contributed by atoms with Crippen molar-refractivity contribution in [3.05, 3.63) is 24.3 Å². The van der Waals surface area contributed by atoms with Crippen molar-refractivity contribution in [2.24, 2.45) is 0 Å². The van der Waals surface area contributed by atoms with E-state index in [-0.39, 0.29) is 6.42 Å². The van der Waals surface area contributed by atoms with Crippen LogP contribution >= 0.6 is 0 Å². The third-order valence-electron chi connectivity index (χ3n) is 2.56. The molecule has 2 atom stereocenters. The SMILES string of the molecule is C/C=C/C#CC#C/C=C/[C@H](O)CCCC[C@H](O)CC(=O)O. The maximum atomic E-state index is 10.3.